The van der Waals surface area contributed by atoms with Crippen LogP contribution < -0.4 is 5.32 Å². The number of carbonyl (C=O) groups is 1. The second kappa shape index (κ2) is 8.81. The average molecular weight is 340 g/mol. The lowest BCUT2D eigenvalue weighted by molar-refractivity contribution is 0.0952. The van der Waals surface area contributed by atoms with E-state index in [4.69, 9.17) is 0 Å². The SMILES string of the molecule is CC1CCCN(CCCCNC(=O)c2ccccc2-n2cccn2)C1. The van der Waals surface area contributed by atoms with E-state index >= 15 is 0 Å². The molecule has 0 spiro atoms. The maximum Gasteiger partial charge on any atom is 0.253 e. The lowest BCUT2D eigenvalue weighted by atomic mass is 10.0. The van der Waals surface area contributed by atoms with Crippen molar-refractivity contribution in [3.8, 4) is 5.69 Å². The number of hydrogen-bond acceptors (Lipinski definition) is 3. The predicted octanol–water partition coefficient (Wildman–Crippen LogP) is 3.11. The third-order valence-electron chi connectivity index (χ3n) is 4.83. The van der Waals surface area contributed by atoms with E-state index in [2.05, 4.69) is 22.2 Å². The molecule has 1 aromatic carbocycles. The van der Waals surface area contributed by atoms with Crippen LogP contribution in [0, 0.1) is 5.92 Å². The van der Waals surface area contributed by atoms with E-state index in [-0.39, 0.29) is 5.91 Å². The van der Waals surface area contributed by atoms with Gasteiger partial charge in [-0.3, -0.25) is 4.79 Å². The van der Waals surface area contributed by atoms with E-state index in [9.17, 15) is 4.79 Å². The third-order valence-corrected chi connectivity index (χ3v) is 4.83. The van der Waals surface area contributed by atoms with Crippen LogP contribution >= 0.6 is 0 Å². The highest BCUT2D eigenvalue weighted by molar-refractivity contribution is 5.97. The average Bonchev–Trinajstić information content (AvgIpc) is 3.16. The number of aromatic nitrogens is 2. The van der Waals surface area contributed by atoms with Gasteiger partial charge >= 0.3 is 0 Å². The number of hydrogen-bond donors (Lipinski definition) is 1. The zero-order valence-corrected chi connectivity index (χ0v) is 15.0. The monoisotopic (exact) mass is 340 g/mol. The van der Waals surface area contributed by atoms with Crippen molar-refractivity contribution in [2.45, 2.75) is 32.6 Å². The smallest absolute Gasteiger partial charge is 0.253 e. The number of carbonyl (C=O) groups excluding carboxylic acids is 1. The van der Waals surface area contributed by atoms with Crippen LogP contribution in [0.4, 0.5) is 0 Å². The Morgan fingerprint density at radius 1 is 1.28 bits per heavy atom. The summed E-state index contributed by atoms with van der Waals surface area (Å²) in [5.41, 5.74) is 1.48. The van der Waals surface area contributed by atoms with Gasteiger partial charge in [-0.25, -0.2) is 4.68 Å². The van der Waals surface area contributed by atoms with Crippen LogP contribution in [0.1, 0.15) is 43.0 Å². The van der Waals surface area contributed by atoms with E-state index in [1.807, 2.05) is 36.5 Å². The van der Waals surface area contributed by atoms with Gasteiger partial charge < -0.3 is 10.2 Å². The number of nitrogens with zero attached hydrogens (tertiary/aromatic N) is 3. The molecule has 1 aliphatic heterocycles. The molecule has 5 nitrogen and oxygen atoms in total. The van der Waals surface area contributed by atoms with Crippen LogP contribution in [0.25, 0.3) is 5.69 Å². The summed E-state index contributed by atoms with van der Waals surface area (Å²) in [5.74, 6) is 0.796. The molecule has 3 rings (SSSR count). The molecule has 1 amide bonds. The fourth-order valence-electron chi connectivity index (χ4n) is 3.52. The van der Waals surface area contributed by atoms with Crippen LogP contribution in [0.3, 0.4) is 0 Å². The first-order valence-electron chi connectivity index (χ1n) is 9.33. The van der Waals surface area contributed by atoms with Crippen molar-refractivity contribution in [3.05, 3.63) is 48.3 Å². The topological polar surface area (TPSA) is 50.2 Å². The van der Waals surface area contributed by atoms with Crippen molar-refractivity contribution < 1.29 is 4.79 Å². The molecule has 5 heteroatoms. The number of para-hydroxylation sites is 1. The Morgan fingerprint density at radius 2 is 2.16 bits per heavy atom. The van der Waals surface area contributed by atoms with Gasteiger partial charge in [-0.1, -0.05) is 19.1 Å². The van der Waals surface area contributed by atoms with Crippen LogP contribution in [0.5, 0.6) is 0 Å². The number of benzene rings is 1. The van der Waals surface area contributed by atoms with E-state index in [0.29, 0.717) is 5.56 Å². The molecule has 0 aliphatic carbocycles. The molecular formula is C20H28N4O. The van der Waals surface area contributed by atoms with Crippen molar-refractivity contribution >= 4 is 5.91 Å². The minimum Gasteiger partial charge on any atom is -0.352 e. The zero-order chi connectivity index (χ0) is 17.5. The fraction of sp³-hybridized carbons (Fsp3) is 0.500. The lowest BCUT2D eigenvalue weighted by Crippen LogP contribution is -2.35. The van der Waals surface area contributed by atoms with E-state index < -0.39 is 0 Å². The second-order valence-corrected chi connectivity index (χ2v) is 6.98. The molecule has 1 fully saturated rings. The standard InChI is InChI=1S/C20H28N4O/c1-17-8-6-14-23(16-17)13-5-4-11-21-20(25)18-9-2-3-10-19(18)24-15-7-12-22-24/h2-3,7,9-10,12,15,17H,4-6,8,11,13-14,16H2,1H3,(H,21,25). The number of piperidine rings is 1. The molecule has 1 unspecified atom stereocenters. The van der Waals surface area contributed by atoms with Crippen molar-refractivity contribution in [2.75, 3.05) is 26.2 Å². The highest BCUT2D eigenvalue weighted by atomic mass is 16.1. The fourth-order valence-corrected chi connectivity index (χ4v) is 3.52. The number of amides is 1. The molecule has 25 heavy (non-hydrogen) atoms. The Labute approximate surface area is 150 Å². The Hall–Kier alpha value is -2.14. The molecule has 2 aromatic rings. The van der Waals surface area contributed by atoms with E-state index in [1.165, 1.54) is 25.9 Å². The molecule has 1 aromatic heterocycles. The number of unbranched alkanes of at least 4 members (excludes halogenated alkanes) is 1. The lowest BCUT2D eigenvalue weighted by Gasteiger charge is -2.30. The normalized spacial score (nSPS) is 18.2. The number of rotatable bonds is 7. The van der Waals surface area contributed by atoms with Gasteiger partial charge in [0.25, 0.3) is 5.91 Å². The number of nitrogens with one attached hydrogen (secondary N) is 1. The summed E-state index contributed by atoms with van der Waals surface area (Å²) in [5, 5.41) is 7.28. The first-order chi connectivity index (χ1) is 12.2. The Bertz CT molecular complexity index is 668. The summed E-state index contributed by atoms with van der Waals surface area (Å²) in [6.07, 6.45) is 8.40. The first-order valence-corrected chi connectivity index (χ1v) is 9.33. The first kappa shape index (κ1) is 17.7. The highest BCUT2D eigenvalue weighted by Gasteiger charge is 2.15. The molecule has 0 bridgehead atoms. The van der Waals surface area contributed by atoms with E-state index in [0.717, 1.165) is 37.5 Å². The van der Waals surface area contributed by atoms with Crippen molar-refractivity contribution in [2.24, 2.45) is 5.92 Å². The van der Waals surface area contributed by atoms with Crippen molar-refractivity contribution in [3.63, 3.8) is 0 Å². The largest absolute Gasteiger partial charge is 0.352 e. The van der Waals surface area contributed by atoms with Gasteiger partial charge in [-0.2, -0.15) is 5.10 Å². The van der Waals surface area contributed by atoms with Crippen LogP contribution in [0.15, 0.2) is 42.7 Å². The van der Waals surface area contributed by atoms with Gasteiger partial charge in [0, 0.05) is 25.5 Å². The van der Waals surface area contributed by atoms with Gasteiger partial charge in [-0.05, 0) is 62.9 Å². The molecule has 1 N–H and O–H groups in total. The Kier molecular flexibility index (Phi) is 6.23. The minimum atomic E-state index is -0.0299. The summed E-state index contributed by atoms with van der Waals surface area (Å²) >= 11 is 0. The molecule has 1 aliphatic rings. The molecule has 2 heterocycles. The maximum absolute atomic E-state index is 12.5. The molecule has 1 atom stereocenters. The molecular weight excluding hydrogens is 312 g/mol. The van der Waals surface area contributed by atoms with Crippen molar-refractivity contribution in [1.29, 1.82) is 0 Å². The summed E-state index contributed by atoms with van der Waals surface area (Å²) in [7, 11) is 0. The van der Waals surface area contributed by atoms with Crippen LogP contribution in [-0.4, -0.2) is 46.8 Å². The summed E-state index contributed by atoms with van der Waals surface area (Å²) < 4.78 is 1.73. The maximum atomic E-state index is 12.5. The van der Waals surface area contributed by atoms with Crippen LogP contribution in [-0.2, 0) is 0 Å². The predicted molar refractivity (Wildman–Crippen MR) is 100.0 cm³/mol. The third kappa shape index (κ3) is 4.92. The zero-order valence-electron chi connectivity index (χ0n) is 15.0. The summed E-state index contributed by atoms with van der Waals surface area (Å²) in [6, 6.07) is 9.43. The Balaban J connectivity index is 1.44. The Morgan fingerprint density at radius 3 is 2.96 bits per heavy atom. The van der Waals surface area contributed by atoms with Crippen molar-refractivity contribution in [1.82, 2.24) is 20.0 Å². The second-order valence-electron chi connectivity index (χ2n) is 6.98. The summed E-state index contributed by atoms with van der Waals surface area (Å²) in [4.78, 5) is 15.1. The molecule has 0 radical (unpaired) electrons. The van der Waals surface area contributed by atoms with Gasteiger partial charge in [0.15, 0.2) is 0 Å². The van der Waals surface area contributed by atoms with Gasteiger partial charge in [0.05, 0.1) is 11.3 Å². The van der Waals surface area contributed by atoms with Crippen LogP contribution in [0.2, 0.25) is 0 Å². The van der Waals surface area contributed by atoms with Gasteiger partial charge in [0.1, 0.15) is 0 Å². The highest BCUT2D eigenvalue weighted by Crippen LogP contribution is 2.16. The molecule has 0 saturated carbocycles. The molecule has 1 saturated heterocycles. The minimum absolute atomic E-state index is 0.0299. The summed E-state index contributed by atoms with van der Waals surface area (Å²) in [6.45, 7) is 6.65. The van der Waals surface area contributed by atoms with Gasteiger partial charge in [0.2, 0.25) is 0 Å². The van der Waals surface area contributed by atoms with E-state index in [1.54, 1.807) is 10.9 Å². The molecule has 134 valence electrons. The quantitative estimate of drug-likeness (QED) is 0.788. The van der Waals surface area contributed by atoms with Gasteiger partial charge in [-0.15, -0.1) is 0 Å². The number of likely N-dealkylation sites (tertiary alicyclic amines) is 1.